The number of amides is 1. The second kappa shape index (κ2) is 8.24. The quantitative estimate of drug-likeness (QED) is 0.663. The number of nitrogens with zero attached hydrogens (tertiary/aromatic N) is 5. The van der Waals surface area contributed by atoms with Gasteiger partial charge in [0.25, 0.3) is 5.91 Å². The SMILES string of the molecule is CCN1CCC(N(C)C(=O)c2csc(-c3cnn(-c4ccccc4)c3)n2)CC1. The number of aromatic nitrogens is 3. The lowest BCUT2D eigenvalue weighted by atomic mass is 10.0. The summed E-state index contributed by atoms with van der Waals surface area (Å²) in [4.78, 5) is 21.8. The minimum absolute atomic E-state index is 0.00731. The van der Waals surface area contributed by atoms with E-state index in [0.29, 0.717) is 11.7 Å². The van der Waals surface area contributed by atoms with Crippen LogP contribution in [-0.4, -0.2) is 63.2 Å². The van der Waals surface area contributed by atoms with Crippen LogP contribution in [0.5, 0.6) is 0 Å². The Morgan fingerprint density at radius 1 is 1.25 bits per heavy atom. The van der Waals surface area contributed by atoms with Crippen LogP contribution in [0, 0.1) is 0 Å². The largest absolute Gasteiger partial charge is 0.337 e. The van der Waals surface area contributed by atoms with Crippen molar-refractivity contribution in [1.82, 2.24) is 24.6 Å². The van der Waals surface area contributed by atoms with Gasteiger partial charge in [-0.3, -0.25) is 4.79 Å². The summed E-state index contributed by atoms with van der Waals surface area (Å²) in [6.45, 7) is 5.38. The van der Waals surface area contributed by atoms with Crippen molar-refractivity contribution in [3.8, 4) is 16.3 Å². The van der Waals surface area contributed by atoms with Crippen LogP contribution in [0.15, 0.2) is 48.1 Å². The van der Waals surface area contributed by atoms with E-state index in [2.05, 4.69) is 21.9 Å². The van der Waals surface area contributed by atoms with Crippen molar-refractivity contribution in [2.45, 2.75) is 25.8 Å². The molecule has 7 heteroatoms. The maximum absolute atomic E-state index is 12.9. The van der Waals surface area contributed by atoms with Crippen LogP contribution in [0.25, 0.3) is 16.3 Å². The number of hydrogen-bond acceptors (Lipinski definition) is 5. The molecule has 6 nitrogen and oxygen atoms in total. The summed E-state index contributed by atoms with van der Waals surface area (Å²) in [6, 6.07) is 10.3. The normalized spacial score (nSPS) is 15.6. The topological polar surface area (TPSA) is 54.3 Å². The number of carbonyl (C=O) groups excluding carboxylic acids is 1. The molecule has 1 aliphatic rings. The van der Waals surface area contributed by atoms with Crippen LogP contribution in [0.3, 0.4) is 0 Å². The molecule has 1 aliphatic heterocycles. The van der Waals surface area contributed by atoms with Crippen molar-refractivity contribution in [3.05, 3.63) is 53.8 Å². The van der Waals surface area contributed by atoms with Gasteiger partial charge in [-0.25, -0.2) is 9.67 Å². The Balaban J connectivity index is 1.45. The minimum Gasteiger partial charge on any atom is -0.337 e. The zero-order chi connectivity index (χ0) is 19.5. The van der Waals surface area contributed by atoms with Gasteiger partial charge in [-0.15, -0.1) is 11.3 Å². The Labute approximate surface area is 169 Å². The lowest BCUT2D eigenvalue weighted by molar-refractivity contribution is 0.0642. The predicted molar refractivity (Wildman–Crippen MR) is 112 cm³/mol. The van der Waals surface area contributed by atoms with Crippen LogP contribution < -0.4 is 0 Å². The number of rotatable bonds is 5. The van der Waals surface area contributed by atoms with E-state index in [4.69, 9.17) is 0 Å². The van der Waals surface area contributed by atoms with E-state index < -0.39 is 0 Å². The van der Waals surface area contributed by atoms with Gasteiger partial charge in [0.15, 0.2) is 0 Å². The molecule has 0 N–H and O–H groups in total. The molecule has 0 atom stereocenters. The number of hydrogen-bond donors (Lipinski definition) is 0. The van der Waals surface area contributed by atoms with Gasteiger partial charge >= 0.3 is 0 Å². The lowest BCUT2D eigenvalue weighted by Crippen LogP contribution is -2.45. The first kappa shape index (κ1) is 18.8. The molecule has 3 heterocycles. The predicted octanol–water partition coefficient (Wildman–Crippen LogP) is 3.55. The van der Waals surface area contributed by atoms with Crippen molar-refractivity contribution in [2.75, 3.05) is 26.7 Å². The highest BCUT2D eigenvalue weighted by atomic mass is 32.1. The molecular formula is C21H25N5OS. The molecule has 0 aliphatic carbocycles. The standard InChI is InChI=1S/C21H25N5OS/c1-3-25-11-9-17(10-12-25)24(2)21(27)19-15-28-20(23-19)16-13-22-26(14-16)18-7-5-4-6-8-18/h4-8,13-15,17H,3,9-12H2,1-2H3. The van der Waals surface area contributed by atoms with Gasteiger partial charge in [0.2, 0.25) is 0 Å². The van der Waals surface area contributed by atoms with Gasteiger partial charge in [-0.2, -0.15) is 5.10 Å². The number of benzene rings is 1. The summed E-state index contributed by atoms with van der Waals surface area (Å²) in [6.07, 6.45) is 5.80. The summed E-state index contributed by atoms with van der Waals surface area (Å²) in [5, 5.41) is 7.10. The Morgan fingerprint density at radius 2 is 2.00 bits per heavy atom. The van der Waals surface area contributed by atoms with E-state index in [1.54, 1.807) is 6.20 Å². The molecule has 1 saturated heterocycles. The van der Waals surface area contributed by atoms with Gasteiger partial charge in [0.05, 0.1) is 11.9 Å². The molecular weight excluding hydrogens is 370 g/mol. The van der Waals surface area contributed by atoms with Crippen LogP contribution in [-0.2, 0) is 0 Å². The molecule has 146 valence electrons. The average Bonchev–Trinajstić information content (AvgIpc) is 3.43. The maximum Gasteiger partial charge on any atom is 0.273 e. The summed E-state index contributed by atoms with van der Waals surface area (Å²) in [7, 11) is 1.90. The molecule has 2 aromatic heterocycles. The third kappa shape index (κ3) is 3.86. The van der Waals surface area contributed by atoms with Crippen LogP contribution in [0.2, 0.25) is 0 Å². The van der Waals surface area contributed by atoms with Crippen molar-refractivity contribution in [2.24, 2.45) is 0 Å². The van der Waals surface area contributed by atoms with E-state index in [1.807, 2.05) is 58.5 Å². The number of carbonyl (C=O) groups is 1. The Morgan fingerprint density at radius 3 is 2.71 bits per heavy atom. The Kier molecular flexibility index (Phi) is 5.54. The first-order valence-electron chi connectivity index (χ1n) is 9.71. The van der Waals surface area contributed by atoms with Gasteiger partial charge in [-0.1, -0.05) is 25.1 Å². The van der Waals surface area contributed by atoms with Crippen LogP contribution >= 0.6 is 11.3 Å². The monoisotopic (exact) mass is 395 g/mol. The molecule has 1 fully saturated rings. The van der Waals surface area contributed by atoms with Gasteiger partial charge in [-0.05, 0) is 31.5 Å². The van der Waals surface area contributed by atoms with Crippen molar-refractivity contribution in [1.29, 1.82) is 0 Å². The molecule has 4 rings (SSSR count). The molecule has 0 radical (unpaired) electrons. The average molecular weight is 396 g/mol. The van der Waals surface area contributed by atoms with Crippen molar-refractivity contribution >= 4 is 17.2 Å². The van der Waals surface area contributed by atoms with Crippen LogP contribution in [0.4, 0.5) is 0 Å². The molecule has 0 bridgehead atoms. The van der Waals surface area contributed by atoms with E-state index in [-0.39, 0.29) is 5.91 Å². The first-order valence-corrected chi connectivity index (χ1v) is 10.6. The highest BCUT2D eigenvalue weighted by Gasteiger charge is 2.26. The second-order valence-electron chi connectivity index (χ2n) is 7.13. The zero-order valence-electron chi connectivity index (χ0n) is 16.3. The molecule has 0 unspecified atom stereocenters. The molecule has 0 saturated carbocycles. The molecule has 3 aromatic rings. The maximum atomic E-state index is 12.9. The lowest BCUT2D eigenvalue weighted by Gasteiger charge is -2.36. The first-order chi connectivity index (χ1) is 13.7. The molecule has 28 heavy (non-hydrogen) atoms. The Hall–Kier alpha value is -2.51. The third-order valence-electron chi connectivity index (χ3n) is 5.45. The summed E-state index contributed by atoms with van der Waals surface area (Å²) in [5.74, 6) is 0.00731. The number of thiazole rings is 1. The number of likely N-dealkylation sites (tertiary alicyclic amines) is 1. The third-order valence-corrected chi connectivity index (χ3v) is 6.34. The van der Waals surface area contributed by atoms with Crippen LogP contribution in [0.1, 0.15) is 30.3 Å². The Bertz CT molecular complexity index is 927. The summed E-state index contributed by atoms with van der Waals surface area (Å²) >= 11 is 1.49. The summed E-state index contributed by atoms with van der Waals surface area (Å²) in [5.41, 5.74) is 2.44. The minimum atomic E-state index is 0.00731. The molecule has 1 amide bonds. The van der Waals surface area contributed by atoms with Gasteiger partial charge < -0.3 is 9.80 Å². The van der Waals surface area contributed by atoms with Gasteiger partial charge in [0.1, 0.15) is 10.7 Å². The smallest absolute Gasteiger partial charge is 0.273 e. The highest BCUT2D eigenvalue weighted by Crippen LogP contribution is 2.25. The summed E-state index contributed by atoms with van der Waals surface area (Å²) < 4.78 is 1.83. The second-order valence-corrected chi connectivity index (χ2v) is 7.99. The highest BCUT2D eigenvalue weighted by molar-refractivity contribution is 7.13. The fourth-order valence-electron chi connectivity index (χ4n) is 3.63. The fourth-order valence-corrected chi connectivity index (χ4v) is 4.40. The zero-order valence-corrected chi connectivity index (χ0v) is 17.1. The number of piperidine rings is 1. The van der Waals surface area contributed by atoms with E-state index in [0.717, 1.165) is 48.7 Å². The van der Waals surface area contributed by atoms with Crippen molar-refractivity contribution < 1.29 is 4.79 Å². The molecule has 0 spiro atoms. The van der Waals surface area contributed by atoms with E-state index in [9.17, 15) is 4.79 Å². The molecule has 1 aromatic carbocycles. The fraction of sp³-hybridized carbons (Fsp3) is 0.381. The number of para-hydroxylation sites is 1. The van der Waals surface area contributed by atoms with Crippen molar-refractivity contribution in [3.63, 3.8) is 0 Å². The van der Waals surface area contributed by atoms with E-state index in [1.165, 1.54) is 11.3 Å². The van der Waals surface area contributed by atoms with Gasteiger partial charge in [0, 0.05) is 43.3 Å². The van der Waals surface area contributed by atoms with E-state index >= 15 is 0 Å².